The fraction of sp³-hybridized carbons (Fsp3) is 0.222. The normalized spacial score (nSPS) is 16.0. The summed E-state index contributed by atoms with van der Waals surface area (Å²) in [6.45, 7) is 3.70. The predicted molar refractivity (Wildman–Crippen MR) is 41.9 cm³/mol. The first kappa shape index (κ1) is 6.68. The summed E-state index contributed by atoms with van der Waals surface area (Å²) in [7, 11) is 0. The van der Waals surface area contributed by atoms with Crippen molar-refractivity contribution in [3.63, 3.8) is 0 Å². The number of rotatable bonds is 0. The summed E-state index contributed by atoms with van der Waals surface area (Å²) < 4.78 is 0. The van der Waals surface area contributed by atoms with Crippen molar-refractivity contribution in [1.29, 1.82) is 0 Å². The molecule has 56 valence electrons. The fourth-order valence-corrected chi connectivity index (χ4v) is 1.30. The van der Waals surface area contributed by atoms with Gasteiger partial charge in [-0.2, -0.15) is 0 Å². The largest absolute Gasteiger partial charge is 0.508 e. The quantitative estimate of drug-likeness (QED) is 0.575. The van der Waals surface area contributed by atoms with Gasteiger partial charge in [-0.25, -0.2) is 0 Å². The van der Waals surface area contributed by atoms with Gasteiger partial charge in [0.15, 0.2) is 0 Å². The van der Waals surface area contributed by atoms with Crippen molar-refractivity contribution in [1.82, 2.24) is 5.32 Å². The molecule has 0 unspecified atom stereocenters. The summed E-state index contributed by atoms with van der Waals surface area (Å²) in [5.74, 6) is 0.386. The van der Waals surface area contributed by atoms with Gasteiger partial charge in [-0.05, 0) is 18.1 Å². The van der Waals surface area contributed by atoms with E-state index in [1.54, 1.807) is 6.07 Å². The maximum absolute atomic E-state index is 9.39. The number of phenols is 1. The van der Waals surface area contributed by atoms with Gasteiger partial charge in [-0.15, -0.1) is 0 Å². The molecule has 0 atom stereocenters. The average molecular weight is 147 g/mol. The molecule has 0 spiro atoms. The SMILES string of the molecule is Oc1cccc2c1CN[C]C2. The number of phenolic OH excluding ortho intramolecular Hbond substituents is 1. The van der Waals surface area contributed by atoms with E-state index in [-0.39, 0.29) is 0 Å². The van der Waals surface area contributed by atoms with Crippen molar-refractivity contribution in [2.75, 3.05) is 0 Å². The average Bonchev–Trinajstić information content (AvgIpc) is 2.06. The third-order valence-electron chi connectivity index (χ3n) is 1.92. The summed E-state index contributed by atoms with van der Waals surface area (Å²) in [5, 5.41) is 12.4. The molecule has 2 nitrogen and oxygen atoms in total. The summed E-state index contributed by atoms with van der Waals surface area (Å²) in [6, 6.07) is 5.59. The first-order chi connectivity index (χ1) is 5.38. The van der Waals surface area contributed by atoms with Crippen LogP contribution in [0.15, 0.2) is 18.2 Å². The summed E-state index contributed by atoms with van der Waals surface area (Å²) in [5.41, 5.74) is 2.18. The van der Waals surface area contributed by atoms with Crippen LogP contribution in [-0.2, 0) is 13.0 Å². The van der Waals surface area contributed by atoms with Gasteiger partial charge in [0.1, 0.15) is 5.75 Å². The van der Waals surface area contributed by atoms with Gasteiger partial charge in [0.2, 0.25) is 0 Å². The van der Waals surface area contributed by atoms with Crippen LogP contribution in [0.25, 0.3) is 0 Å². The van der Waals surface area contributed by atoms with Crippen LogP contribution in [0.3, 0.4) is 0 Å². The minimum atomic E-state index is 0.386. The van der Waals surface area contributed by atoms with Crippen molar-refractivity contribution in [3.8, 4) is 5.75 Å². The Bertz CT molecular complexity index is 270. The Balaban J connectivity index is 2.49. The van der Waals surface area contributed by atoms with E-state index in [9.17, 15) is 5.11 Å². The number of benzene rings is 1. The van der Waals surface area contributed by atoms with E-state index in [0.717, 1.165) is 12.0 Å². The lowest BCUT2D eigenvalue weighted by Gasteiger charge is -2.16. The van der Waals surface area contributed by atoms with E-state index in [1.807, 2.05) is 12.1 Å². The number of aromatic hydroxyl groups is 1. The first-order valence-corrected chi connectivity index (χ1v) is 3.63. The Hall–Kier alpha value is -1.02. The van der Waals surface area contributed by atoms with Crippen molar-refractivity contribution in [2.24, 2.45) is 0 Å². The van der Waals surface area contributed by atoms with Gasteiger partial charge < -0.3 is 10.4 Å². The number of nitrogens with one attached hydrogen (secondary N) is 1. The van der Waals surface area contributed by atoms with E-state index < -0.39 is 0 Å². The highest BCUT2D eigenvalue weighted by Crippen LogP contribution is 2.23. The van der Waals surface area contributed by atoms with Gasteiger partial charge in [0.25, 0.3) is 0 Å². The molecule has 1 heterocycles. The van der Waals surface area contributed by atoms with Crippen LogP contribution in [0, 0.1) is 6.54 Å². The minimum absolute atomic E-state index is 0.386. The molecule has 0 aliphatic carbocycles. The fourth-order valence-electron chi connectivity index (χ4n) is 1.30. The number of hydrogen-bond acceptors (Lipinski definition) is 2. The van der Waals surface area contributed by atoms with Crippen LogP contribution in [0.2, 0.25) is 0 Å². The zero-order valence-electron chi connectivity index (χ0n) is 6.09. The second kappa shape index (κ2) is 2.55. The van der Waals surface area contributed by atoms with E-state index in [4.69, 9.17) is 0 Å². The van der Waals surface area contributed by atoms with E-state index in [1.165, 1.54) is 5.56 Å². The van der Waals surface area contributed by atoms with Crippen molar-refractivity contribution in [3.05, 3.63) is 35.9 Å². The molecule has 1 aliphatic heterocycles. The molecule has 0 saturated heterocycles. The Kier molecular flexibility index (Phi) is 1.55. The van der Waals surface area contributed by atoms with Crippen LogP contribution >= 0.6 is 0 Å². The van der Waals surface area contributed by atoms with Crippen LogP contribution in [-0.4, -0.2) is 5.11 Å². The molecule has 2 N–H and O–H groups in total. The van der Waals surface area contributed by atoms with Crippen molar-refractivity contribution < 1.29 is 5.11 Å². The Labute approximate surface area is 65.9 Å². The van der Waals surface area contributed by atoms with Gasteiger partial charge >= 0.3 is 0 Å². The molecule has 2 radical (unpaired) electrons. The molecule has 0 amide bonds. The van der Waals surface area contributed by atoms with Gasteiger partial charge in [-0.1, -0.05) is 12.1 Å². The summed E-state index contributed by atoms with van der Waals surface area (Å²) in [4.78, 5) is 0. The molecular weight excluding hydrogens is 138 g/mol. The third kappa shape index (κ3) is 1.10. The Morgan fingerprint density at radius 2 is 2.36 bits per heavy atom. The topological polar surface area (TPSA) is 32.3 Å². The minimum Gasteiger partial charge on any atom is -0.508 e. The number of fused-ring (bicyclic) bond motifs is 1. The lowest BCUT2D eigenvalue weighted by Crippen LogP contribution is -2.18. The molecule has 11 heavy (non-hydrogen) atoms. The molecular formula is C9H9NO. The second-order valence-corrected chi connectivity index (χ2v) is 2.62. The second-order valence-electron chi connectivity index (χ2n) is 2.62. The van der Waals surface area contributed by atoms with Gasteiger partial charge in [0, 0.05) is 12.1 Å². The smallest absolute Gasteiger partial charge is 0.120 e. The third-order valence-corrected chi connectivity index (χ3v) is 1.92. The molecule has 0 bridgehead atoms. The highest BCUT2D eigenvalue weighted by atomic mass is 16.3. The molecule has 0 fully saturated rings. The molecule has 1 aromatic rings. The van der Waals surface area contributed by atoms with Gasteiger partial charge in [0.05, 0.1) is 6.54 Å². The maximum Gasteiger partial charge on any atom is 0.120 e. The first-order valence-electron chi connectivity index (χ1n) is 3.63. The lowest BCUT2D eigenvalue weighted by molar-refractivity contribution is 0.462. The maximum atomic E-state index is 9.39. The highest BCUT2D eigenvalue weighted by molar-refractivity contribution is 5.41. The van der Waals surface area contributed by atoms with Crippen LogP contribution < -0.4 is 5.32 Å². The summed E-state index contributed by atoms with van der Waals surface area (Å²) in [6.07, 6.45) is 0.781. The predicted octanol–water partition coefficient (Wildman–Crippen LogP) is 1.08. The van der Waals surface area contributed by atoms with Crippen molar-refractivity contribution in [2.45, 2.75) is 13.0 Å². The molecule has 2 heteroatoms. The lowest BCUT2D eigenvalue weighted by atomic mass is 10.0. The monoisotopic (exact) mass is 147 g/mol. The summed E-state index contributed by atoms with van der Waals surface area (Å²) >= 11 is 0. The zero-order valence-corrected chi connectivity index (χ0v) is 6.09. The van der Waals surface area contributed by atoms with Crippen molar-refractivity contribution >= 4 is 0 Å². The Morgan fingerprint density at radius 3 is 3.18 bits per heavy atom. The van der Waals surface area contributed by atoms with Crippen LogP contribution in [0.1, 0.15) is 11.1 Å². The number of hydrogen-bond donors (Lipinski definition) is 2. The van der Waals surface area contributed by atoms with Crippen LogP contribution in [0.4, 0.5) is 0 Å². The highest BCUT2D eigenvalue weighted by Gasteiger charge is 2.11. The molecule has 0 saturated carbocycles. The standard InChI is InChI=1S/C9H9NO/c11-9-3-1-2-7-4-5-10-6-8(7)9/h1-3,10-11H,4,6H2. The molecule has 1 aromatic carbocycles. The Morgan fingerprint density at radius 1 is 1.45 bits per heavy atom. The zero-order chi connectivity index (χ0) is 7.68. The van der Waals surface area contributed by atoms with E-state index in [0.29, 0.717) is 12.3 Å². The molecule has 1 aliphatic rings. The molecule has 2 rings (SSSR count). The molecule has 0 aromatic heterocycles. The van der Waals surface area contributed by atoms with Gasteiger partial charge in [-0.3, -0.25) is 0 Å². The van der Waals surface area contributed by atoms with Crippen LogP contribution in [0.5, 0.6) is 5.75 Å². The van der Waals surface area contributed by atoms with E-state index in [2.05, 4.69) is 11.9 Å². The van der Waals surface area contributed by atoms with E-state index >= 15 is 0 Å².